The van der Waals surface area contributed by atoms with Gasteiger partial charge in [0, 0.05) is 0 Å². The average molecular weight is 232 g/mol. The second-order valence-corrected chi connectivity index (χ2v) is 3.92. The SMILES string of the molecule is O=S(OI)C1CC1. The molecule has 1 atom stereocenters. The minimum atomic E-state index is -0.981. The van der Waals surface area contributed by atoms with Crippen molar-refractivity contribution in [3.05, 3.63) is 0 Å². The van der Waals surface area contributed by atoms with Gasteiger partial charge in [-0.05, 0) is 12.8 Å². The van der Waals surface area contributed by atoms with Gasteiger partial charge in [0.05, 0.1) is 5.25 Å². The van der Waals surface area contributed by atoms with Gasteiger partial charge in [0.15, 0.2) is 11.1 Å². The minimum absolute atomic E-state index is 0.358. The summed E-state index contributed by atoms with van der Waals surface area (Å²) >= 11 is 0.688. The molecular weight excluding hydrogens is 227 g/mol. The zero-order valence-electron chi connectivity index (χ0n) is 3.59. The Hall–Kier alpha value is 0.840. The van der Waals surface area contributed by atoms with E-state index < -0.39 is 11.1 Å². The Balaban J connectivity index is 2.24. The number of halogens is 1. The molecule has 0 radical (unpaired) electrons. The quantitative estimate of drug-likeness (QED) is 0.668. The molecule has 1 unspecified atom stereocenters. The van der Waals surface area contributed by atoms with E-state index in [4.69, 9.17) is 0 Å². The van der Waals surface area contributed by atoms with Crippen molar-refractivity contribution >= 4 is 34.1 Å². The van der Waals surface area contributed by atoms with Crippen LogP contribution in [0.15, 0.2) is 0 Å². The fraction of sp³-hybridized carbons (Fsp3) is 1.00. The van der Waals surface area contributed by atoms with Gasteiger partial charge in [0.2, 0.25) is 0 Å². The van der Waals surface area contributed by atoms with E-state index in [-0.39, 0.29) is 0 Å². The molecule has 42 valence electrons. The fourth-order valence-electron chi connectivity index (χ4n) is 0.312. The summed E-state index contributed by atoms with van der Waals surface area (Å²) in [6, 6.07) is 0. The monoisotopic (exact) mass is 232 g/mol. The summed E-state index contributed by atoms with van der Waals surface area (Å²) in [5.41, 5.74) is 0. The average Bonchev–Trinajstić information content (AvgIpc) is 2.44. The Kier molecular flexibility index (Phi) is 2.05. The molecule has 0 heterocycles. The molecular formula is C3H5IO2S. The van der Waals surface area contributed by atoms with E-state index in [1.165, 1.54) is 0 Å². The first kappa shape index (κ1) is 5.97. The molecule has 0 aliphatic heterocycles. The Morgan fingerprint density at radius 3 is 2.43 bits per heavy atom. The van der Waals surface area contributed by atoms with Crippen molar-refractivity contribution in [3.8, 4) is 0 Å². The van der Waals surface area contributed by atoms with Crippen molar-refractivity contribution in [1.82, 2.24) is 0 Å². The standard InChI is InChI=1S/C3H5IO2S/c4-6-7(5)3-1-2-3/h3H,1-2H2. The highest BCUT2D eigenvalue weighted by Crippen LogP contribution is 2.27. The Bertz CT molecular complexity index is 90.9. The van der Waals surface area contributed by atoms with E-state index in [9.17, 15) is 4.21 Å². The number of hydrogen-bond acceptors (Lipinski definition) is 2. The van der Waals surface area contributed by atoms with Crippen molar-refractivity contribution in [1.29, 1.82) is 0 Å². The fourth-order valence-corrected chi connectivity index (χ4v) is 1.82. The lowest BCUT2D eigenvalue weighted by atomic mass is 11.0. The van der Waals surface area contributed by atoms with Crippen LogP contribution in [0.25, 0.3) is 0 Å². The zero-order valence-corrected chi connectivity index (χ0v) is 6.57. The van der Waals surface area contributed by atoms with Crippen molar-refractivity contribution in [2.24, 2.45) is 0 Å². The van der Waals surface area contributed by atoms with Gasteiger partial charge in [-0.2, -0.15) is 0 Å². The normalized spacial score (nSPS) is 24.7. The van der Waals surface area contributed by atoms with Gasteiger partial charge in [0.1, 0.15) is 23.0 Å². The maximum absolute atomic E-state index is 10.5. The highest BCUT2D eigenvalue weighted by molar-refractivity contribution is 14.1. The maximum Gasteiger partial charge on any atom is 0.168 e. The van der Waals surface area contributed by atoms with E-state index in [0.717, 1.165) is 12.8 Å². The van der Waals surface area contributed by atoms with Crippen LogP contribution in [0.5, 0.6) is 0 Å². The van der Waals surface area contributed by atoms with Crippen LogP contribution in [0.2, 0.25) is 0 Å². The summed E-state index contributed by atoms with van der Waals surface area (Å²) in [6.45, 7) is 0. The summed E-state index contributed by atoms with van der Waals surface area (Å²) in [7, 11) is 0. The highest BCUT2D eigenvalue weighted by Gasteiger charge is 2.28. The molecule has 1 fully saturated rings. The predicted molar refractivity (Wildman–Crippen MR) is 36.3 cm³/mol. The van der Waals surface area contributed by atoms with Gasteiger partial charge in [-0.1, -0.05) is 0 Å². The van der Waals surface area contributed by atoms with Gasteiger partial charge in [-0.15, -0.1) is 0 Å². The maximum atomic E-state index is 10.5. The lowest BCUT2D eigenvalue weighted by Crippen LogP contribution is -1.92. The van der Waals surface area contributed by atoms with Gasteiger partial charge in [0.25, 0.3) is 0 Å². The third-order valence-electron chi connectivity index (χ3n) is 0.859. The Morgan fingerprint density at radius 1 is 1.71 bits per heavy atom. The van der Waals surface area contributed by atoms with Crippen LogP contribution >= 0.6 is 23.0 Å². The molecule has 0 amide bonds. The van der Waals surface area contributed by atoms with Gasteiger partial charge in [-0.3, -0.25) is 0 Å². The van der Waals surface area contributed by atoms with E-state index >= 15 is 0 Å². The first-order chi connectivity index (χ1) is 3.34. The summed E-state index contributed by atoms with van der Waals surface area (Å²) in [6.07, 6.45) is 2.16. The largest absolute Gasteiger partial charge is 0.229 e. The van der Waals surface area contributed by atoms with E-state index in [2.05, 4.69) is 2.51 Å². The van der Waals surface area contributed by atoms with Gasteiger partial charge in [-0.25, -0.2) is 6.72 Å². The van der Waals surface area contributed by atoms with Gasteiger partial charge < -0.3 is 0 Å². The molecule has 1 rings (SSSR count). The van der Waals surface area contributed by atoms with E-state index in [1.807, 2.05) is 0 Å². The smallest absolute Gasteiger partial charge is 0.168 e. The highest BCUT2D eigenvalue weighted by atomic mass is 127. The molecule has 4 heteroatoms. The van der Waals surface area contributed by atoms with Crippen LogP contribution in [0.4, 0.5) is 0 Å². The molecule has 0 aromatic heterocycles. The molecule has 0 aromatic rings. The third kappa shape index (κ3) is 1.65. The first-order valence-electron chi connectivity index (χ1n) is 2.04. The minimum Gasteiger partial charge on any atom is -0.229 e. The second-order valence-electron chi connectivity index (χ2n) is 1.52. The topological polar surface area (TPSA) is 26.3 Å². The molecule has 1 aliphatic carbocycles. The van der Waals surface area contributed by atoms with Crippen molar-refractivity contribution in [3.63, 3.8) is 0 Å². The molecule has 0 aromatic carbocycles. The zero-order chi connectivity index (χ0) is 5.28. The van der Waals surface area contributed by atoms with Crippen molar-refractivity contribution in [2.75, 3.05) is 0 Å². The first-order valence-corrected chi connectivity index (χ1v) is 4.06. The van der Waals surface area contributed by atoms with Crippen LogP contribution < -0.4 is 0 Å². The van der Waals surface area contributed by atoms with Crippen molar-refractivity contribution < 1.29 is 6.72 Å². The molecule has 0 saturated heterocycles. The van der Waals surface area contributed by atoms with E-state index in [1.54, 1.807) is 23.0 Å². The predicted octanol–water partition coefficient (Wildman–Crippen LogP) is 1.18. The van der Waals surface area contributed by atoms with Gasteiger partial charge >= 0.3 is 0 Å². The number of hydrogen-bond donors (Lipinski definition) is 0. The molecule has 0 N–H and O–H groups in total. The molecule has 0 spiro atoms. The summed E-state index contributed by atoms with van der Waals surface area (Å²) < 4.78 is 15.0. The van der Waals surface area contributed by atoms with E-state index in [0.29, 0.717) is 5.25 Å². The number of rotatable bonds is 2. The summed E-state index contributed by atoms with van der Waals surface area (Å²) in [5.74, 6) is 0. The Labute approximate surface area is 59.0 Å². The van der Waals surface area contributed by atoms with Crippen LogP contribution in [-0.4, -0.2) is 9.46 Å². The third-order valence-corrected chi connectivity index (χ3v) is 3.06. The lowest BCUT2D eigenvalue weighted by Gasteiger charge is -1.85. The lowest BCUT2D eigenvalue weighted by molar-refractivity contribution is 0.631. The molecule has 1 saturated carbocycles. The molecule has 7 heavy (non-hydrogen) atoms. The Morgan fingerprint density at radius 2 is 2.29 bits per heavy atom. The molecule has 2 nitrogen and oxygen atoms in total. The van der Waals surface area contributed by atoms with Crippen LogP contribution in [-0.2, 0) is 13.6 Å². The molecule has 1 aliphatic rings. The summed E-state index contributed by atoms with van der Waals surface area (Å²) in [5, 5.41) is 0.358. The summed E-state index contributed by atoms with van der Waals surface area (Å²) in [4.78, 5) is 0. The molecule has 0 bridgehead atoms. The van der Waals surface area contributed by atoms with Crippen LogP contribution in [0, 0.1) is 0 Å². The van der Waals surface area contributed by atoms with Crippen molar-refractivity contribution in [2.45, 2.75) is 18.1 Å². The van der Waals surface area contributed by atoms with Crippen LogP contribution in [0.3, 0.4) is 0 Å². The van der Waals surface area contributed by atoms with Crippen LogP contribution in [0.1, 0.15) is 12.8 Å². The second kappa shape index (κ2) is 2.41.